The molecule has 1 aliphatic carbocycles. The topological polar surface area (TPSA) is 37.3 Å². The lowest BCUT2D eigenvalue weighted by Crippen LogP contribution is -2.02. The Morgan fingerprint density at radius 3 is 2.36 bits per heavy atom. The minimum atomic E-state index is -0.776. The van der Waals surface area contributed by atoms with E-state index in [-0.39, 0.29) is 0 Å². The molecule has 0 aromatic rings. The summed E-state index contributed by atoms with van der Waals surface area (Å²) in [5, 5.41) is 9.26. The van der Waals surface area contributed by atoms with E-state index in [9.17, 15) is 9.90 Å². The largest absolute Gasteiger partial charge is 0.478 e. The van der Waals surface area contributed by atoms with E-state index >= 15 is 0 Å². The van der Waals surface area contributed by atoms with Crippen LogP contribution >= 0.6 is 0 Å². The fraction of sp³-hybridized carbons (Fsp3) is 0.550. The van der Waals surface area contributed by atoms with Crippen LogP contribution in [0.3, 0.4) is 0 Å². The molecule has 0 fully saturated rings. The Hall–Kier alpha value is -1.57. The molecule has 0 aromatic carbocycles. The molecule has 0 aliphatic heterocycles. The molecule has 0 spiro atoms. The number of carbonyl (C=O) groups is 1. The lowest BCUT2D eigenvalue weighted by Gasteiger charge is -2.16. The number of hydrogen-bond donors (Lipinski definition) is 1. The number of carboxylic acid groups (broad SMARTS) is 1. The molecule has 2 heteroatoms. The first-order valence-corrected chi connectivity index (χ1v) is 8.29. The SMILES string of the molecule is C=C(C)[C@@H]1C/C=C(/C)CC/C=C(\C(=O)O)CC/C=C(/C)CC1. The van der Waals surface area contributed by atoms with Gasteiger partial charge in [-0.05, 0) is 71.6 Å². The highest BCUT2D eigenvalue weighted by Crippen LogP contribution is 2.24. The van der Waals surface area contributed by atoms with Gasteiger partial charge in [-0.15, -0.1) is 0 Å². The summed E-state index contributed by atoms with van der Waals surface area (Å²) in [5.74, 6) is -0.228. The molecule has 0 aromatic heterocycles. The van der Waals surface area contributed by atoms with Crippen LogP contribution < -0.4 is 0 Å². The van der Waals surface area contributed by atoms with Gasteiger partial charge >= 0.3 is 5.97 Å². The molecule has 0 bridgehead atoms. The molecule has 1 N–H and O–H groups in total. The van der Waals surface area contributed by atoms with E-state index in [2.05, 4.69) is 39.5 Å². The Bertz CT molecular complexity index is 492. The fourth-order valence-corrected chi connectivity index (χ4v) is 2.76. The Morgan fingerprint density at radius 1 is 1.09 bits per heavy atom. The quantitative estimate of drug-likeness (QED) is 0.652. The predicted molar refractivity (Wildman–Crippen MR) is 93.9 cm³/mol. The second kappa shape index (κ2) is 9.45. The normalized spacial score (nSPS) is 29.0. The Balaban J connectivity index is 2.88. The zero-order chi connectivity index (χ0) is 16.5. The molecule has 122 valence electrons. The van der Waals surface area contributed by atoms with Crippen molar-refractivity contribution in [1.82, 2.24) is 0 Å². The summed E-state index contributed by atoms with van der Waals surface area (Å²) in [5.41, 5.74) is 4.51. The number of aliphatic carboxylic acids is 1. The second-order valence-electron chi connectivity index (χ2n) is 6.53. The van der Waals surface area contributed by atoms with E-state index in [1.54, 1.807) is 0 Å². The first-order valence-electron chi connectivity index (χ1n) is 8.29. The highest BCUT2D eigenvalue weighted by atomic mass is 16.4. The minimum absolute atomic E-state index is 0.548. The van der Waals surface area contributed by atoms with Crippen LogP contribution in [0.4, 0.5) is 0 Å². The fourth-order valence-electron chi connectivity index (χ4n) is 2.76. The maximum atomic E-state index is 11.3. The minimum Gasteiger partial charge on any atom is -0.478 e. The van der Waals surface area contributed by atoms with Crippen molar-refractivity contribution in [2.75, 3.05) is 0 Å². The van der Waals surface area contributed by atoms with Crippen LogP contribution in [-0.2, 0) is 4.79 Å². The van der Waals surface area contributed by atoms with Crippen molar-refractivity contribution in [3.8, 4) is 0 Å². The molecule has 0 saturated heterocycles. The van der Waals surface area contributed by atoms with E-state index < -0.39 is 5.97 Å². The molecule has 1 atom stereocenters. The lowest BCUT2D eigenvalue weighted by atomic mass is 9.89. The number of rotatable bonds is 2. The predicted octanol–water partition coefficient (Wildman–Crippen LogP) is 5.83. The smallest absolute Gasteiger partial charge is 0.331 e. The third kappa shape index (κ3) is 6.93. The van der Waals surface area contributed by atoms with Crippen LogP contribution in [0.2, 0.25) is 0 Å². The van der Waals surface area contributed by atoms with Gasteiger partial charge in [0.15, 0.2) is 0 Å². The van der Waals surface area contributed by atoms with E-state index in [0.29, 0.717) is 17.9 Å². The van der Waals surface area contributed by atoms with Crippen molar-refractivity contribution >= 4 is 5.97 Å². The zero-order valence-electron chi connectivity index (χ0n) is 14.3. The molecule has 2 nitrogen and oxygen atoms in total. The molecular weight excluding hydrogens is 272 g/mol. The van der Waals surface area contributed by atoms with Crippen molar-refractivity contribution < 1.29 is 9.90 Å². The summed E-state index contributed by atoms with van der Waals surface area (Å²) in [4.78, 5) is 11.3. The molecule has 0 unspecified atom stereocenters. The summed E-state index contributed by atoms with van der Waals surface area (Å²) in [7, 11) is 0. The van der Waals surface area contributed by atoms with Crippen molar-refractivity contribution in [1.29, 1.82) is 0 Å². The van der Waals surface area contributed by atoms with Crippen molar-refractivity contribution in [3.63, 3.8) is 0 Å². The number of allylic oxidation sites excluding steroid dienone is 6. The van der Waals surface area contributed by atoms with Crippen LogP contribution in [0, 0.1) is 5.92 Å². The molecule has 0 heterocycles. The Morgan fingerprint density at radius 2 is 1.73 bits per heavy atom. The van der Waals surface area contributed by atoms with Crippen molar-refractivity contribution in [2.24, 2.45) is 5.92 Å². The van der Waals surface area contributed by atoms with Crippen LogP contribution in [0.1, 0.15) is 65.7 Å². The van der Waals surface area contributed by atoms with Gasteiger partial charge in [-0.25, -0.2) is 4.79 Å². The van der Waals surface area contributed by atoms with Crippen molar-refractivity contribution in [3.05, 3.63) is 47.1 Å². The summed E-state index contributed by atoms with van der Waals surface area (Å²) in [6.45, 7) is 10.5. The molecule has 0 radical (unpaired) electrons. The first kappa shape index (κ1) is 18.5. The second-order valence-corrected chi connectivity index (χ2v) is 6.53. The van der Waals surface area contributed by atoms with Crippen LogP contribution in [0.5, 0.6) is 0 Å². The zero-order valence-corrected chi connectivity index (χ0v) is 14.3. The van der Waals surface area contributed by atoms with Crippen LogP contribution in [0.25, 0.3) is 0 Å². The number of hydrogen-bond acceptors (Lipinski definition) is 1. The summed E-state index contributed by atoms with van der Waals surface area (Å²) in [6, 6.07) is 0. The molecule has 1 aliphatic rings. The maximum Gasteiger partial charge on any atom is 0.331 e. The number of carboxylic acids is 1. The highest BCUT2D eigenvalue weighted by Gasteiger charge is 2.10. The van der Waals surface area contributed by atoms with E-state index in [1.165, 1.54) is 16.7 Å². The van der Waals surface area contributed by atoms with Gasteiger partial charge in [0.1, 0.15) is 0 Å². The van der Waals surface area contributed by atoms with E-state index in [4.69, 9.17) is 0 Å². The average Bonchev–Trinajstić information content (AvgIpc) is 2.44. The van der Waals surface area contributed by atoms with Gasteiger partial charge < -0.3 is 5.11 Å². The Labute approximate surface area is 135 Å². The summed E-state index contributed by atoms with van der Waals surface area (Å²) < 4.78 is 0. The third-order valence-corrected chi connectivity index (χ3v) is 4.45. The van der Waals surface area contributed by atoms with Crippen LogP contribution in [-0.4, -0.2) is 11.1 Å². The standard InChI is InChI=1S/C20H30O2/c1-15(2)18-13-11-16(3)7-5-9-19(20(21)22)10-6-8-17(4)12-14-18/h7,10,12,18H,1,5-6,8-9,11,13-14H2,2-4H3,(H,21,22)/b16-7-,17-12-,19-10-/t18-/m0/s1. The highest BCUT2D eigenvalue weighted by molar-refractivity contribution is 5.86. The maximum absolute atomic E-state index is 11.3. The molecule has 0 amide bonds. The molecule has 1 rings (SSSR count). The van der Waals surface area contributed by atoms with Gasteiger partial charge in [0, 0.05) is 5.57 Å². The monoisotopic (exact) mass is 302 g/mol. The average molecular weight is 302 g/mol. The summed E-state index contributed by atoms with van der Waals surface area (Å²) >= 11 is 0. The lowest BCUT2D eigenvalue weighted by molar-refractivity contribution is -0.132. The van der Waals surface area contributed by atoms with Gasteiger partial charge in [0.05, 0.1) is 0 Å². The van der Waals surface area contributed by atoms with E-state index in [1.807, 2.05) is 6.08 Å². The van der Waals surface area contributed by atoms with E-state index in [0.717, 1.165) is 38.5 Å². The summed E-state index contributed by atoms with van der Waals surface area (Å²) in [6.07, 6.45) is 12.8. The first-order chi connectivity index (χ1) is 10.4. The third-order valence-electron chi connectivity index (χ3n) is 4.45. The van der Waals surface area contributed by atoms with Crippen molar-refractivity contribution in [2.45, 2.75) is 65.7 Å². The van der Waals surface area contributed by atoms with Gasteiger partial charge in [-0.2, -0.15) is 0 Å². The van der Waals surface area contributed by atoms with Gasteiger partial charge in [-0.3, -0.25) is 0 Å². The van der Waals surface area contributed by atoms with Crippen LogP contribution in [0.15, 0.2) is 47.1 Å². The molecule has 0 saturated carbocycles. The van der Waals surface area contributed by atoms with Gasteiger partial charge in [0.2, 0.25) is 0 Å². The molecule has 22 heavy (non-hydrogen) atoms. The van der Waals surface area contributed by atoms with Gasteiger partial charge in [-0.1, -0.05) is 41.5 Å². The Kier molecular flexibility index (Phi) is 7.94. The molecular formula is C20H30O2. The van der Waals surface area contributed by atoms with Gasteiger partial charge in [0.25, 0.3) is 0 Å².